The van der Waals surface area contributed by atoms with E-state index >= 15 is 0 Å². The van der Waals surface area contributed by atoms with E-state index in [9.17, 15) is 0 Å². The third-order valence-electron chi connectivity index (χ3n) is 3.10. The lowest BCUT2D eigenvalue weighted by molar-refractivity contribution is 0.0905. The van der Waals surface area contributed by atoms with Crippen LogP contribution in [0.25, 0.3) is 0 Å². The van der Waals surface area contributed by atoms with Crippen LogP contribution in [0.1, 0.15) is 48.5 Å². The van der Waals surface area contributed by atoms with E-state index < -0.39 is 0 Å². The summed E-state index contributed by atoms with van der Waals surface area (Å²) >= 11 is 0. The van der Waals surface area contributed by atoms with E-state index in [1.54, 1.807) is 0 Å². The van der Waals surface area contributed by atoms with Gasteiger partial charge in [-0.25, -0.2) is 0 Å². The molecule has 0 saturated carbocycles. The Hall–Kier alpha value is -0.700. The highest BCUT2D eigenvalue weighted by atomic mass is 15.4. The highest BCUT2D eigenvalue weighted by Crippen LogP contribution is 2.24. The predicted octanol–water partition coefficient (Wildman–Crippen LogP) is 2.61. The molecule has 1 N–H and O–H groups in total. The zero-order chi connectivity index (χ0) is 13.3. The number of rotatable bonds is 3. The topological polar surface area (TPSA) is 18.5 Å². The highest BCUT2D eigenvalue weighted by molar-refractivity contribution is 5.00. The fourth-order valence-corrected chi connectivity index (χ4v) is 2.17. The summed E-state index contributed by atoms with van der Waals surface area (Å²) in [5, 5.41) is 3.53. The van der Waals surface area contributed by atoms with Crippen LogP contribution in [0.4, 0.5) is 0 Å². The molecule has 3 nitrogen and oxygen atoms in total. The Morgan fingerprint density at radius 2 is 1.65 bits per heavy atom. The van der Waals surface area contributed by atoms with Crippen molar-refractivity contribution in [1.29, 1.82) is 0 Å². The summed E-state index contributed by atoms with van der Waals surface area (Å²) in [6.45, 7) is 17.7. The lowest BCUT2D eigenvalue weighted by Gasteiger charge is -2.39. The Kier molecular flexibility index (Phi) is 4.13. The van der Waals surface area contributed by atoms with Gasteiger partial charge in [0, 0.05) is 36.6 Å². The molecule has 0 radical (unpaired) electrons. The minimum atomic E-state index is 0.197. The van der Waals surface area contributed by atoms with Crippen molar-refractivity contribution in [3.8, 4) is 0 Å². The molecule has 1 rings (SSSR count). The van der Waals surface area contributed by atoms with E-state index in [1.165, 1.54) is 0 Å². The van der Waals surface area contributed by atoms with Gasteiger partial charge in [-0.05, 0) is 48.5 Å². The number of hydrogen-bond acceptors (Lipinski definition) is 3. The van der Waals surface area contributed by atoms with Crippen LogP contribution in [-0.4, -0.2) is 40.1 Å². The molecule has 1 atom stereocenters. The first-order valence-electron chi connectivity index (χ1n) is 6.59. The summed E-state index contributed by atoms with van der Waals surface area (Å²) in [7, 11) is 0. The summed E-state index contributed by atoms with van der Waals surface area (Å²) in [6.07, 6.45) is 4.87. The van der Waals surface area contributed by atoms with Crippen molar-refractivity contribution in [1.82, 2.24) is 15.1 Å². The summed E-state index contributed by atoms with van der Waals surface area (Å²) < 4.78 is 0. The molecule has 0 fully saturated rings. The van der Waals surface area contributed by atoms with Gasteiger partial charge in [-0.15, -0.1) is 0 Å². The van der Waals surface area contributed by atoms with Crippen molar-refractivity contribution >= 4 is 0 Å². The molecule has 1 unspecified atom stereocenters. The molecule has 0 saturated heterocycles. The standard InChI is InChI=1S/C14H29N3/c1-12-16(9-8-15-13(2,3)4)10-11-17(12)14(5,6)7/h10-12,15H,8-9H2,1-7H3. The minimum Gasteiger partial charge on any atom is -0.355 e. The van der Waals surface area contributed by atoms with E-state index in [4.69, 9.17) is 0 Å². The van der Waals surface area contributed by atoms with Crippen molar-refractivity contribution < 1.29 is 0 Å². The van der Waals surface area contributed by atoms with Crippen molar-refractivity contribution in [2.45, 2.75) is 65.7 Å². The third-order valence-corrected chi connectivity index (χ3v) is 3.10. The van der Waals surface area contributed by atoms with E-state index in [0.717, 1.165) is 13.1 Å². The molecular formula is C14H29N3. The van der Waals surface area contributed by atoms with Crippen LogP contribution in [0.15, 0.2) is 12.4 Å². The monoisotopic (exact) mass is 239 g/mol. The van der Waals surface area contributed by atoms with Crippen molar-refractivity contribution in [3.05, 3.63) is 12.4 Å². The first-order chi connectivity index (χ1) is 7.61. The lowest BCUT2D eigenvalue weighted by Crippen LogP contribution is -2.48. The third kappa shape index (κ3) is 4.23. The first kappa shape index (κ1) is 14.4. The summed E-state index contributed by atoms with van der Waals surface area (Å²) in [5.74, 6) is 0. The normalized spacial score (nSPS) is 21.5. The molecule has 17 heavy (non-hydrogen) atoms. The van der Waals surface area contributed by atoms with Crippen LogP contribution in [0.5, 0.6) is 0 Å². The molecule has 1 heterocycles. The van der Waals surface area contributed by atoms with E-state index in [1.807, 2.05) is 0 Å². The van der Waals surface area contributed by atoms with E-state index in [-0.39, 0.29) is 11.1 Å². The second kappa shape index (κ2) is 4.89. The fourth-order valence-electron chi connectivity index (χ4n) is 2.17. The van der Waals surface area contributed by atoms with Crippen LogP contribution < -0.4 is 5.32 Å². The smallest absolute Gasteiger partial charge is 0.0983 e. The molecule has 3 heteroatoms. The van der Waals surface area contributed by atoms with Crippen LogP contribution in [0, 0.1) is 0 Å². The molecule has 0 aromatic heterocycles. The van der Waals surface area contributed by atoms with Gasteiger partial charge in [-0.2, -0.15) is 0 Å². The van der Waals surface area contributed by atoms with Gasteiger partial charge in [0.15, 0.2) is 0 Å². The molecule has 1 aliphatic heterocycles. The van der Waals surface area contributed by atoms with E-state index in [0.29, 0.717) is 6.17 Å². The molecular weight excluding hydrogens is 210 g/mol. The molecule has 0 aromatic carbocycles. The molecule has 0 bridgehead atoms. The van der Waals surface area contributed by atoms with Crippen LogP contribution >= 0.6 is 0 Å². The van der Waals surface area contributed by atoms with Gasteiger partial charge in [0.2, 0.25) is 0 Å². The molecule has 1 aliphatic rings. The van der Waals surface area contributed by atoms with Gasteiger partial charge in [0.25, 0.3) is 0 Å². The van der Waals surface area contributed by atoms with Crippen molar-refractivity contribution in [2.75, 3.05) is 13.1 Å². The average Bonchev–Trinajstić information content (AvgIpc) is 2.44. The second-order valence-corrected chi connectivity index (χ2v) is 6.92. The summed E-state index contributed by atoms with van der Waals surface area (Å²) in [5.41, 5.74) is 0.401. The summed E-state index contributed by atoms with van der Waals surface area (Å²) in [6, 6.07) is 0. The molecule has 100 valence electrons. The maximum atomic E-state index is 3.53. The second-order valence-electron chi connectivity index (χ2n) is 6.92. The van der Waals surface area contributed by atoms with Crippen LogP contribution in [0.3, 0.4) is 0 Å². The Morgan fingerprint density at radius 1 is 1.06 bits per heavy atom. The van der Waals surface area contributed by atoms with Crippen molar-refractivity contribution in [2.24, 2.45) is 0 Å². The molecule has 0 aliphatic carbocycles. The largest absolute Gasteiger partial charge is 0.355 e. The maximum absolute atomic E-state index is 3.53. The van der Waals surface area contributed by atoms with Gasteiger partial charge >= 0.3 is 0 Å². The zero-order valence-corrected chi connectivity index (χ0v) is 12.5. The summed E-state index contributed by atoms with van der Waals surface area (Å²) in [4.78, 5) is 4.80. The number of hydrogen-bond donors (Lipinski definition) is 1. The maximum Gasteiger partial charge on any atom is 0.0983 e. The quantitative estimate of drug-likeness (QED) is 0.817. The van der Waals surface area contributed by atoms with Crippen molar-refractivity contribution in [3.63, 3.8) is 0 Å². The number of nitrogens with zero attached hydrogens (tertiary/aromatic N) is 2. The van der Waals surface area contributed by atoms with Crippen LogP contribution in [-0.2, 0) is 0 Å². The molecule has 0 aromatic rings. The molecule has 0 amide bonds. The highest BCUT2D eigenvalue weighted by Gasteiger charge is 2.29. The predicted molar refractivity (Wildman–Crippen MR) is 74.7 cm³/mol. The van der Waals surface area contributed by atoms with Gasteiger partial charge in [0.1, 0.15) is 0 Å². The Bertz CT molecular complexity index is 270. The number of nitrogens with one attached hydrogen (secondary N) is 1. The average molecular weight is 239 g/mol. The van der Waals surface area contributed by atoms with E-state index in [2.05, 4.69) is 76.0 Å². The Labute approximate surface area is 107 Å². The minimum absolute atomic E-state index is 0.197. The fraction of sp³-hybridized carbons (Fsp3) is 0.857. The first-order valence-corrected chi connectivity index (χ1v) is 6.59. The van der Waals surface area contributed by atoms with Crippen LogP contribution in [0.2, 0.25) is 0 Å². The Morgan fingerprint density at radius 3 is 2.06 bits per heavy atom. The van der Waals surface area contributed by atoms with Gasteiger partial charge in [-0.1, -0.05) is 0 Å². The zero-order valence-electron chi connectivity index (χ0n) is 12.5. The Balaban J connectivity index is 2.42. The lowest BCUT2D eigenvalue weighted by atomic mass is 10.1. The van der Waals surface area contributed by atoms with Gasteiger partial charge in [0.05, 0.1) is 6.17 Å². The van der Waals surface area contributed by atoms with Gasteiger partial charge < -0.3 is 15.1 Å². The van der Waals surface area contributed by atoms with Gasteiger partial charge in [-0.3, -0.25) is 0 Å². The molecule has 0 spiro atoms. The SMILES string of the molecule is CC1N(CCNC(C)(C)C)C=CN1C(C)(C)C.